The first-order chi connectivity index (χ1) is 8.75. The summed E-state index contributed by atoms with van der Waals surface area (Å²) in [5.41, 5.74) is 0.672. The Morgan fingerprint density at radius 2 is 1.67 bits per heavy atom. The second kappa shape index (κ2) is 4.75. The van der Waals surface area contributed by atoms with E-state index in [1.807, 2.05) is 30.3 Å². The summed E-state index contributed by atoms with van der Waals surface area (Å²) in [6.07, 6.45) is 5.27. The largest absolute Gasteiger partial charge is 0.458 e. The molecule has 0 saturated heterocycles. The molecule has 2 nitrogen and oxygen atoms in total. The van der Waals surface area contributed by atoms with Gasteiger partial charge in [-0.2, -0.15) is 0 Å². The fraction of sp³-hybridized carbons (Fsp3) is 0.562. The lowest BCUT2D eigenvalue weighted by Crippen LogP contribution is -2.45. The Hall–Kier alpha value is -1.31. The van der Waals surface area contributed by atoms with Gasteiger partial charge >= 0.3 is 5.97 Å². The van der Waals surface area contributed by atoms with Gasteiger partial charge in [0.05, 0.1) is 5.56 Å². The second-order valence-electron chi connectivity index (χ2n) is 5.77. The summed E-state index contributed by atoms with van der Waals surface area (Å²) in [6.45, 7) is 2.25. The Bertz CT molecular complexity index is 416. The van der Waals surface area contributed by atoms with E-state index in [1.54, 1.807) is 0 Å². The van der Waals surface area contributed by atoms with Crippen LogP contribution >= 0.6 is 0 Å². The Morgan fingerprint density at radius 3 is 2.28 bits per heavy atom. The fourth-order valence-electron chi connectivity index (χ4n) is 3.67. The van der Waals surface area contributed by atoms with E-state index in [4.69, 9.17) is 4.74 Å². The smallest absolute Gasteiger partial charge is 0.338 e. The number of ether oxygens (including phenoxy) is 1. The number of rotatable bonds is 2. The van der Waals surface area contributed by atoms with Crippen LogP contribution in [0.15, 0.2) is 30.3 Å². The van der Waals surface area contributed by atoms with E-state index in [2.05, 4.69) is 6.92 Å². The van der Waals surface area contributed by atoms with Gasteiger partial charge in [-0.05, 0) is 55.6 Å². The third kappa shape index (κ3) is 2.05. The molecule has 1 aromatic rings. The predicted molar refractivity (Wildman–Crippen MR) is 70.3 cm³/mol. The van der Waals surface area contributed by atoms with Crippen LogP contribution in [-0.2, 0) is 4.74 Å². The summed E-state index contributed by atoms with van der Waals surface area (Å²) in [6, 6.07) is 9.34. The molecule has 0 spiro atoms. The van der Waals surface area contributed by atoms with Gasteiger partial charge in [0.25, 0.3) is 0 Å². The second-order valence-corrected chi connectivity index (χ2v) is 5.77. The van der Waals surface area contributed by atoms with Gasteiger partial charge in [-0.25, -0.2) is 4.79 Å². The van der Waals surface area contributed by atoms with Crippen molar-refractivity contribution in [2.45, 2.75) is 38.7 Å². The molecule has 2 heteroatoms. The molecule has 0 N–H and O–H groups in total. The van der Waals surface area contributed by atoms with Gasteiger partial charge in [0.15, 0.2) is 0 Å². The summed E-state index contributed by atoms with van der Waals surface area (Å²) in [5, 5.41) is 0. The fourth-order valence-corrected chi connectivity index (χ4v) is 3.67. The van der Waals surface area contributed by atoms with Crippen molar-refractivity contribution in [2.24, 2.45) is 17.8 Å². The van der Waals surface area contributed by atoms with Crippen molar-refractivity contribution >= 4 is 5.97 Å². The molecule has 4 rings (SSSR count). The van der Waals surface area contributed by atoms with Crippen LogP contribution in [-0.4, -0.2) is 12.1 Å². The maximum Gasteiger partial charge on any atom is 0.338 e. The topological polar surface area (TPSA) is 26.3 Å². The average Bonchev–Trinajstić information content (AvgIpc) is 2.44. The third-order valence-electron chi connectivity index (χ3n) is 4.80. The van der Waals surface area contributed by atoms with Crippen molar-refractivity contribution in [1.29, 1.82) is 0 Å². The van der Waals surface area contributed by atoms with Crippen LogP contribution in [0.25, 0.3) is 0 Å². The summed E-state index contributed by atoms with van der Waals surface area (Å²) in [4.78, 5) is 12.1. The SMILES string of the molecule is CC1C2CCC(CC2)C1OC(=O)c1ccccc1. The van der Waals surface area contributed by atoms with Gasteiger partial charge < -0.3 is 4.74 Å². The number of carbonyl (C=O) groups is 1. The molecule has 2 unspecified atom stereocenters. The number of fused-ring (bicyclic) bond motifs is 3. The van der Waals surface area contributed by atoms with Crippen molar-refractivity contribution in [3.05, 3.63) is 35.9 Å². The van der Waals surface area contributed by atoms with Gasteiger partial charge in [-0.1, -0.05) is 25.1 Å². The molecule has 3 aliphatic rings. The molecule has 2 atom stereocenters. The van der Waals surface area contributed by atoms with E-state index in [0.717, 1.165) is 5.92 Å². The molecule has 3 aliphatic carbocycles. The van der Waals surface area contributed by atoms with E-state index < -0.39 is 0 Å². The van der Waals surface area contributed by atoms with E-state index in [1.165, 1.54) is 25.7 Å². The molecule has 0 amide bonds. The summed E-state index contributed by atoms with van der Waals surface area (Å²) in [7, 11) is 0. The number of carbonyl (C=O) groups excluding carboxylic acids is 1. The zero-order valence-electron chi connectivity index (χ0n) is 10.8. The molecule has 0 heterocycles. The van der Waals surface area contributed by atoms with Gasteiger partial charge in [0.1, 0.15) is 6.10 Å². The molecule has 1 aromatic carbocycles. The molecule has 0 aromatic heterocycles. The molecule has 2 bridgehead atoms. The number of esters is 1. The normalized spacial score (nSPS) is 34.3. The monoisotopic (exact) mass is 244 g/mol. The van der Waals surface area contributed by atoms with Crippen LogP contribution in [0, 0.1) is 17.8 Å². The molecule has 0 radical (unpaired) electrons. The van der Waals surface area contributed by atoms with Crippen LogP contribution in [0.4, 0.5) is 0 Å². The zero-order valence-corrected chi connectivity index (χ0v) is 10.8. The van der Waals surface area contributed by atoms with E-state index in [9.17, 15) is 4.79 Å². The Balaban J connectivity index is 1.71. The van der Waals surface area contributed by atoms with E-state index in [0.29, 0.717) is 17.4 Å². The van der Waals surface area contributed by atoms with Crippen LogP contribution in [0.3, 0.4) is 0 Å². The molecule has 3 fully saturated rings. The summed E-state index contributed by atoms with van der Waals surface area (Å²) >= 11 is 0. The Labute approximate surface area is 108 Å². The Morgan fingerprint density at radius 1 is 1.06 bits per heavy atom. The van der Waals surface area contributed by atoms with Crippen LogP contribution < -0.4 is 0 Å². The minimum absolute atomic E-state index is 0.144. The van der Waals surface area contributed by atoms with Gasteiger partial charge in [0, 0.05) is 0 Å². The van der Waals surface area contributed by atoms with Crippen LogP contribution in [0.5, 0.6) is 0 Å². The minimum Gasteiger partial charge on any atom is -0.458 e. The quantitative estimate of drug-likeness (QED) is 0.742. The van der Waals surface area contributed by atoms with Crippen LogP contribution in [0.1, 0.15) is 43.0 Å². The van der Waals surface area contributed by atoms with E-state index in [-0.39, 0.29) is 12.1 Å². The highest BCUT2D eigenvalue weighted by Gasteiger charge is 2.43. The molecule has 18 heavy (non-hydrogen) atoms. The van der Waals surface area contributed by atoms with Crippen molar-refractivity contribution in [1.82, 2.24) is 0 Å². The first-order valence-electron chi connectivity index (χ1n) is 7.01. The highest BCUT2D eigenvalue weighted by atomic mass is 16.5. The third-order valence-corrected chi connectivity index (χ3v) is 4.80. The summed E-state index contributed by atoms with van der Waals surface area (Å²) in [5.74, 6) is 1.74. The number of hydrogen-bond acceptors (Lipinski definition) is 2. The highest BCUT2D eigenvalue weighted by Crippen LogP contribution is 2.46. The standard InChI is InChI=1S/C16H20O2/c1-11-12-7-9-13(10-8-12)15(11)18-16(17)14-5-3-2-4-6-14/h2-6,11-13,15H,7-10H2,1H3. The average molecular weight is 244 g/mol. The summed E-state index contributed by atoms with van der Waals surface area (Å²) < 4.78 is 5.78. The first kappa shape index (κ1) is 11.8. The zero-order chi connectivity index (χ0) is 12.5. The van der Waals surface area contributed by atoms with Crippen molar-refractivity contribution < 1.29 is 9.53 Å². The van der Waals surface area contributed by atoms with Crippen LogP contribution in [0.2, 0.25) is 0 Å². The lowest BCUT2D eigenvalue weighted by Gasteiger charge is -2.46. The molecular formula is C16H20O2. The predicted octanol–water partition coefficient (Wildman–Crippen LogP) is 3.67. The van der Waals surface area contributed by atoms with Gasteiger partial charge in [0.2, 0.25) is 0 Å². The van der Waals surface area contributed by atoms with Crippen molar-refractivity contribution in [3.8, 4) is 0 Å². The van der Waals surface area contributed by atoms with Gasteiger partial charge in [-0.3, -0.25) is 0 Å². The molecular weight excluding hydrogens is 224 g/mol. The molecule has 96 valence electrons. The van der Waals surface area contributed by atoms with E-state index >= 15 is 0 Å². The maximum absolute atomic E-state index is 12.1. The van der Waals surface area contributed by atoms with Crippen molar-refractivity contribution in [2.75, 3.05) is 0 Å². The number of hydrogen-bond donors (Lipinski definition) is 0. The molecule has 3 saturated carbocycles. The lowest BCUT2D eigenvalue weighted by molar-refractivity contribution is -0.0657. The highest BCUT2D eigenvalue weighted by molar-refractivity contribution is 5.89. The minimum atomic E-state index is -0.153. The lowest BCUT2D eigenvalue weighted by atomic mass is 9.63. The number of benzene rings is 1. The van der Waals surface area contributed by atoms with Crippen molar-refractivity contribution in [3.63, 3.8) is 0 Å². The maximum atomic E-state index is 12.1. The van der Waals surface area contributed by atoms with Gasteiger partial charge in [-0.15, -0.1) is 0 Å². The molecule has 0 aliphatic heterocycles. The first-order valence-corrected chi connectivity index (χ1v) is 7.01. The Kier molecular flexibility index (Phi) is 3.11.